The van der Waals surface area contributed by atoms with E-state index in [0.717, 1.165) is 25.7 Å². The van der Waals surface area contributed by atoms with Crippen LogP contribution in [0, 0.1) is 11.3 Å². The van der Waals surface area contributed by atoms with Crippen molar-refractivity contribution in [3.63, 3.8) is 0 Å². The largest absolute Gasteiger partial charge is 0.235 e. The summed E-state index contributed by atoms with van der Waals surface area (Å²) in [5, 5.41) is 0. The molecule has 0 N–H and O–H groups in total. The van der Waals surface area contributed by atoms with Crippen molar-refractivity contribution in [2.75, 3.05) is 6.54 Å². The maximum Gasteiger partial charge on any atom is 0.235 e. The SMILES string of the molecule is CC1(C)CC(CCN=C=O)CC(N=C=O)C1. The highest BCUT2D eigenvalue weighted by molar-refractivity contribution is 5.33. The van der Waals surface area contributed by atoms with E-state index in [1.54, 1.807) is 12.2 Å². The van der Waals surface area contributed by atoms with Gasteiger partial charge in [-0.1, -0.05) is 13.8 Å². The number of isocyanates is 2. The Hall–Kier alpha value is -1.24. The molecular weight excluding hydrogens is 204 g/mol. The molecule has 4 nitrogen and oxygen atoms in total. The second-order valence-electron chi connectivity index (χ2n) is 5.31. The molecule has 2 atom stereocenters. The van der Waals surface area contributed by atoms with Gasteiger partial charge in [-0.05, 0) is 37.0 Å². The molecule has 4 heteroatoms. The van der Waals surface area contributed by atoms with E-state index in [1.807, 2.05) is 0 Å². The first-order valence-electron chi connectivity index (χ1n) is 5.68. The van der Waals surface area contributed by atoms with E-state index in [9.17, 15) is 9.59 Å². The molecule has 0 aromatic rings. The molecule has 1 rings (SSSR count). The van der Waals surface area contributed by atoms with E-state index in [1.165, 1.54) is 0 Å². The predicted octanol–water partition coefficient (Wildman–Crippen LogP) is 2.24. The lowest BCUT2D eigenvalue weighted by Crippen LogP contribution is -2.31. The van der Waals surface area contributed by atoms with Crippen molar-refractivity contribution in [1.29, 1.82) is 0 Å². The average Bonchev–Trinajstić information content (AvgIpc) is 2.16. The molecule has 0 bridgehead atoms. The van der Waals surface area contributed by atoms with Crippen LogP contribution < -0.4 is 0 Å². The molecule has 0 saturated heterocycles. The zero-order valence-corrected chi connectivity index (χ0v) is 9.90. The van der Waals surface area contributed by atoms with Crippen LogP contribution in [0.15, 0.2) is 9.98 Å². The number of nitrogens with zero attached hydrogens (tertiary/aromatic N) is 2. The highest BCUT2D eigenvalue weighted by Gasteiger charge is 2.33. The van der Waals surface area contributed by atoms with Crippen molar-refractivity contribution in [3.05, 3.63) is 0 Å². The third-order valence-electron chi connectivity index (χ3n) is 3.18. The Morgan fingerprint density at radius 1 is 1.25 bits per heavy atom. The molecule has 1 aliphatic rings. The molecule has 0 aliphatic heterocycles. The second kappa shape index (κ2) is 5.74. The van der Waals surface area contributed by atoms with Crippen LogP contribution in [0.5, 0.6) is 0 Å². The lowest BCUT2D eigenvalue weighted by molar-refractivity contribution is 0.156. The van der Waals surface area contributed by atoms with Gasteiger partial charge in [-0.2, -0.15) is 0 Å². The molecule has 0 aromatic heterocycles. The Kier molecular flexibility index (Phi) is 4.60. The quantitative estimate of drug-likeness (QED) is 0.541. The summed E-state index contributed by atoms with van der Waals surface area (Å²) >= 11 is 0. The van der Waals surface area contributed by atoms with Gasteiger partial charge in [0, 0.05) is 0 Å². The zero-order chi connectivity index (χ0) is 12.0. The summed E-state index contributed by atoms with van der Waals surface area (Å²) < 4.78 is 0. The maximum absolute atomic E-state index is 10.3. The number of carbonyl (C=O) groups excluding carboxylic acids is 2. The van der Waals surface area contributed by atoms with Crippen LogP contribution in [-0.4, -0.2) is 24.7 Å². The van der Waals surface area contributed by atoms with E-state index in [2.05, 4.69) is 23.8 Å². The first-order valence-corrected chi connectivity index (χ1v) is 5.68. The summed E-state index contributed by atoms with van der Waals surface area (Å²) in [7, 11) is 0. The fourth-order valence-corrected chi connectivity index (χ4v) is 2.74. The van der Waals surface area contributed by atoms with Crippen molar-refractivity contribution < 1.29 is 9.59 Å². The molecule has 1 aliphatic carbocycles. The number of aliphatic imine (C=N–C) groups is 2. The van der Waals surface area contributed by atoms with Crippen molar-refractivity contribution in [2.45, 2.75) is 45.6 Å². The van der Waals surface area contributed by atoms with Gasteiger partial charge in [-0.25, -0.2) is 19.6 Å². The standard InChI is InChI=1S/C12H18N2O2/c1-12(2)6-10(3-4-13-8-15)5-11(7-12)14-9-16/h10-11H,3-7H2,1-2H3. The maximum atomic E-state index is 10.3. The molecule has 2 unspecified atom stereocenters. The third-order valence-corrected chi connectivity index (χ3v) is 3.18. The minimum Gasteiger partial charge on any atom is -0.211 e. The minimum absolute atomic E-state index is 0.0893. The van der Waals surface area contributed by atoms with Gasteiger partial charge >= 0.3 is 0 Å². The molecule has 1 fully saturated rings. The minimum atomic E-state index is 0.0893. The topological polar surface area (TPSA) is 58.9 Å². The lowest BCUT2D eigenvalue weighted by Gasteiger charge is -2.38. The molecule has 0 spiro atoms. The lowest BCUT2D eigenvalue weighted by atomic mass is 9.69. The molecular formula is C12H18N2O2. The Morgan fingerprint density at radius 3 is 2.62 bits per heavy atom. The summed E-state index contributed by atoms with van der Waals surface area (Å²) in [5.74, 6) is 0.489. The number of hydrogen-bond acceptors (Lipinski definition) is 4. The summed E-state index contributed by atoms with van der Waals surface area (Å²) in [6, 6.07) is 0.0893. The fraction of sp³-hybridized carbons (Fsp3) is 0.833. The average molecular weight is 222 g/mol. The van der Waals surface area contributed by atoms with Gasteiger partial charge in [-0.3, -0.25) is 0 Å². The highest BCUT2D eigenvalue weighted by atomic mass is 16.1. The number of rotatable bonds is 4. The second-order valence-corrected chi connectivity index (χ2v) is 5.31. The smallest absolute Gasteiger partial charge is 0.211 e. The van der Waals surface area contributed by atoms with Gasteiger partial charge in [0.25, 0.3) is 0 Å². The van der Waals surface area contributed by atoms with E-state index < -0.39 is 0 Å². The van der Waals surface area contributed by atoms with Gasteiger partial charge in [0.1, 0.15) is 0 Å². The van der Waals surface area contributed by atoms with Gasteiger partial charge in [-0.15, -0.1) is 0 Å². The van der Waals surface area contributed by atoms with Crippen LogP contribution in [0.25, 0.3) is 0 Å². The van der Waals surface area contributed by atoms with E-state index in [-0.39, 0.29) is 11.5 Å². The van der Waals surface area contributed by atoms with E-state index in [4.69, 9.17) is 0 Å². The molecule has 0 amide bonds. The van der Waals surface area contributed by atoms with Gasteiger partial charge in [0.15, 0.2) is 0 Å². The van der Waals surface area contributed by atoms with Crippen LogP contribution in [0.3, 0.4) is 0 Å². The monoisotopic (exact) mass is 222 g/mol. The summed E-state index contributed by atoms with van der Waals surface area (Å²) in [4.78, 5) is 27.7. The van der Waals surface area contributed by atoms with Crippen molar-refractivity contribution in [1.82, 2.24) is 0 Å². The Bertz CT molecular complexity index is 326. The number of hydrogen-bond donors (Lipinski definition) is 0. The van der Waals surface area contributed by atoms with Crippen LogP contribution >= 0.6 is 0 Å². The fourth-order valence-electron chi connectivity index (χ4n) is 2.74. The Labute approximate surface area is 95.9 Å². The Morgan fingerprint density at radius 2 is 2.00 bits per heavy atom. The molecule has 0 aromatic carbocycles. The predicted molar refractivity (Wildman–Crippen MR) is 60.6 cm³/mol. The first-order chi connectivity index (χ1) is 7.57. The van der Waals surface area contributed by atoms with Crippen LogP contribution in [0.1, 0.15) is 39.5 Å². The molecule has 1 saturated carbocycles. The molecule has 0 heterocycles. The van der Waals surface area contributed by atoms with Crippen LogP contribution in [0.4, 0.5) is 0 Å². The first kappa shape index (κ1) is 12.8. The normalized spacial score (nSPS) is 27.6. The molecule has 88 valence electrons. The van der Waals surface area contributed by atoms with Crippen molar-refractivity contribution in [2.24, 2.45) is 21.3 Å². The van der Waals surface area contributed by atoms with Crippen molar-refractivity contribution in [3.8, 4) is 0 Å². The summed E-state index contributed by atoms with van der Waals surface area (Å²) in [5.41, 5.74) is 0.207. The summed E-state index contributed by atoms with van der Waals surface area (Å²) in [6.07, 6.45) is 7.04. The Balaban J connectivity index is 2.57. The third kappa shape index (κ3) is 4.09. The summed E-state index contributed by atoms with van der Waals surface area (Å²) in [6.45, 7) is 4.91. The van der Waals surface area contributed by atoms with Crippen LogP contribution in [-0.2, 0) is 9.59 Å². The van der Waals surface area contributed by atoms with Gasteiger partial charge in [0.2, 0.25) is 12.2 Å². The van der Waals surface area contributed by atoms with Crippen molar-refractivity contribution >= 4 is 12.2 Å². The van der Waals surface area contributed by atoms with Gasteiger partial charge < -0.3 is 0 Å². The van der Waals surface area contributed by atoms with Crippen LogP contribution in [0.2, 0.25) is 0 Å². The van der Waals surface area contributed by atoms with E-state index >= 15 is 0 Å². The molecule has 16 heavy (non-hydrogen) atoms. The molecule has 0 radical (unpaired) electrons. The van der Waals surface area contributed by atoms with E-state index in [0.29, 0.717) is 12.5 Å². The van der Waals surface area contributed by atoms with Gasteiger partial charge in [0.05, 0.1) is 12.6 Å². The highest BCUT2D eigenvalue weighted by Crippen LogP contribution is 2.41. The zero-order valence-electron chi connectivity index (χ0n) is 9.90.